The Labute approximate surface area is 479 Å². The second-order valence-corrected chi connectivity index (χ2v) is 21.1. The summed E-state index contributed by atoms with van der Waals surface area (Å²) in [6, 6.07) is -3.91. The molecular formula is C46H76N2O37. The fourth-order valence-electron chi connectivity index (χ4n) is 10.7. The maximum Gasteiger partial charge on any atom is 0.364 e. The Hall–Kier alpha value is -3.36. The molecule has 0 unspecified atom stereocenters. The van der Waals surface area contributed by atoms with Gasteiger partial charge in [-0.3, -0.25) is 9.59 Å². The van der Waals surface area contributed by atoms with E-state index in [2.05, 4.69) is 10.6 Å². The molecule has 6 heterocycles. The molecule has 0 bridgehead atoms. The van der Waals surface area contributed by atoms with E-state index in [4.69, 9.17) is 52.1 Å². The fraction of sp³-hybridized carbons (Fsp3) is 0.913. The van der Waals surface area contributed by atoms with E-state index in [-0.39, 0.29) is 0 Å². The predicted molar refractivity (Wildman–Crippen MR) is 257 cm³/mol. The predicted octanol–water partition coefficient (Wildman–Crippen LogP) is -15.4. The summed E-state index contributed by atoms with van der Waals surface area (Å²) in [6.45, 7) is -5.48. The number of carboxylic acids is 2. The first kappa shape index (κ1) is 70.7. The summed E-state index contributed by atoms with van der Waals surface area (Å²) < 4.78 is 63.3. The van der Waals surface area contributed by atoms with Gasteiger partial charge in [0.05, 0.1) is 57.9 Å². The monoisotopic (exact) mass is 1250 g/mol. The Balaban J connectivity index is 1.42. The molecule has 0 radical (unpaired) electrons. The largest absolute Gasteiger partial charge is 0.477 e. The Bertz CT molecular complexity index is 2190. The maximum absolute atomic E-state index is 13.6. The van der Waals surface area contributed by atoms with Crippen molar-refractivity contribution in [2.75, 3.05) is 39.6 Å². The van der Waals surface area contributed by atoms with Gasteiger partial charge in [-0.15, -0.1) is 0 Å². The molecule has 85 heavy (non-hydrogen) atoms. The van der Waals surface area contributed by atoms with Gasteiger partial charge in [-0.1, -0.05) is 0 Å². The van der Waals surface area contributed by atoms with Crippen molar-refractivity contribution in [1.29, 1.82) is 0 Å². The zero-order valence-corrected chi connectivity index (χ0v) is 44.9. The van der Waals surface area contributed by atoms with Crippen LogP contribution in [-0.4, -0.2) is 371 Å². The normalized spacial score (nSPS) is 45.9. The van der Waals surface area contributed by atoms with Crippen LogP contribution >= 0.6 is 0 Å². The van der Waals surface area contributed by atoms with Gasteiger partial charge in [0, 0.05) is 26.7 Å². The number of carbonyl (C=O) groups excluding carboxylic acids is 2. The number of ether oxygens (including phenoxy) is 11. The highest BCUT2D eigenvalue weighted by Gasteiger charge is 2.64. The first-order valence-electron chi connectivity index (χ1n) is 26.4. The molecule has 0 saturated carbocycles. The molecule has 0 aliphatic carbocycles. The molecule has 6 aliphatic rings. The van der Waals surface area contributed by atoms with Crippen LogP contribution in [0.25, 0.3) is 0 Å². The quantitative estimate of drug-likeness (QED) is 0.0427. The molecule has 0 aromatic rings. The Morgan fingerprint density at radius 3 is 1.38 bits per heavy atom. The molecule has 0 aromatic carbocycles. The van der Waals surface area contributed by atoms with Crippen molar-refractivity contribution in [3.63, 3.8) is 0 Å². The number of carboxylic acid groups (broad SMARTS) is 2. The van der Waals surface area contributed by atoms with Crippen LogP contribution in [0.3, 0.4) is 0 Å². The van der Waals surface area contributed by atoms with Crippen molar-refractivity contribution >= 4 is 23.8 Å². The van der Waals surface area contributed by atoms with E-state index in [9.17, 15) is 132 Å². The van der Waals surface area contributed by atoms with Gasteiger partial charge in [0.25, 0.3) is 11.6 Å². The third kappa shape index (κ3) is 15.0. The smallest absolute Gasteiger partial charge is 0.364 e. The van der Waals surface area contributed by atoms with Crippen LogP contribution in [0.5, 0.6) is 0 Å². The van der Waals surface area contributed by atoms with Gasteiger partial charge in [0.2, 0.25) is 11.8 Å². The lowest BCUT2D eigenvalue weighted by atomic mass is 9.88. The Morgan fingerprint density at radius 1 is 0.459 bits per heavy atom. The fourth-order valence-corrected chi connectivity index (χ4v) is 10.7. The summed E-state index contributed by atoms with van der Waals surface area (Å²) in [7, 11) is 0. The van der Waals surface area contributed by atoms with E-state index < -0.39 is 272 Å². The minimum Gasteiger partial charge on any atom is -0.477 e. The third-order valence-corrected chi connectivity index (χ3v) is 15.2. The van der Waals surface area contributed by atoms with Gasteiger partial charge in [-0.2, -0.15) is 0 Å². The lowest BCUT2D eigenvalue weighted by molar-refractivity contribution is -0.404. The van der Waals surface area contributed by atoms with Gasteiger partial charge < -0.3 is 175 Å². The van der Waals surface area contributed by atoms with Crippen molar-refractivity contribution in [3.8, 4) is 0 Å². The molecule has 39 heteroatoms. The van der Waals surface area contributed by atoms with Crippen molar-refractivity contribution < 1.29 is 184 Å². The van der Waals surface area contributed by atoms with E-state index in [1.165, 1.54) is 0 Å². The highest BCUT2D eigenvalue weighted by Crippen LogP contribution is 2.42. The molecule has 0 spiro atoms. The minimum atomic E-state index is -3.44. The average Bonchev–Trinajstić information content (AvgIpc) is 1.86. The lowest BCUT2D eigenvalue weighted by Gasteiger charge is -2.53. The van der Waals surface area contributed by atoms with Crippen LogP contribution in [0.2, 0.25) is 0 Å². The van der Waals surface area contributed by atoms with Crippen LogP contribution in [0, 0.1) is 0 Å². The summed E-state index contributed by atoms with van der Waals surface area (Å²) in [5.41, 5.74) is 0. The summed E-state index contributed by atoms with van der Waals surface area (Å²) in [4.78, 5) is 52.0. The van der Waals surface area contributed by atoms with Crippen LogP contribution in [-0.2, 0) is 71.3 Å². The minimum absolute atomic E-state index is 0.864. The number of aliphatic carboxylic acids is 2. The number of amides is 2. The molecule has 2 amide bonds. The zero-order valence-electron chi connectivity index (χ0n) is 44.9. The molecule has 6 aliphatic heterocycles. The van der Waals surface area contributed by atoms with Gasteiger partial charge in [0.15, 0.2) is 25.2 Å². The molecule has 6 rings (SSSR count). The summed E-state index contributed by atoms with van der Waals surface area (Å²) in [6.07, 6.45) is -65.4. The molecule has 39 nitrogen and oxygen atoms in total. The first-order chi connectivity index (χ1) is 39.9. The van der Waals surface area contributed by atoms with Gasteiger partial charge in [0.1, 0.15) is 140 Å². The summed E-state index contributed by atoms with van der Waals surface area (Å²) in [5, 5.41) is 241. The summed E-state index contributed by atoms with van der Waals surface area (Å²) in [5.74, 6) is -13.1. The van der Waals surface area contributed by atoms with Crippen LogP contribution in [0.15, 0.2) is 0 Å². The van der Waals surface area contributed by atoms with Crippen molar-refractivity contribution in [2.45, 2.75) is 222 Å². The lowest BCUT2D eigenvalue weighted by Crippen LogP contribution is -2.72. The van der Waals surface area contributed by atoms with Gasteiger partial charge in [-0.05, 0) is 0 Å². The van der Waals surface area contributed by atoms with E-state index in [1.807, 2.05) is 0 Å². The Kier molecular flexibility index (Phi) is 24.6. The highest BCUT2D eigenvalue weighted by atomic mass is 16.8. The van der Waals surface area contributed by atoms with Crippen molar-refractivity contribution in [2.24, 2.45) is 0 Å². The third-order valence-electron chi connectivity index (χ3n) is 15.2. The molecule has 24 N–H and O–H groups in total. The molecule has 6 fully saturated rings. The topological polar surface area (TPSA) is 639 Å². The van der Waals surface area contributed by atoms with E-state index >= 15 is 0 Å². The van der Waals surface area contributed by atoms with Gasteiger partial charge >= 0.3 is 11.9 Å². The average molecular weight is 1250 g/mol. The molecule has 492 valence electrons. The number of hydrogen-bond acceptors (Lipinski definition) is 35. The first-order valence-corrected chi connectivity index (χ1v) is 26.4. The number of nitrogens with one attached hydrogen (secondary N) is 2. The zero-order chi connectivity index (χ0) is 63.5. The van der Waals surface area contributed by atoms with E-state index in [0.717, 1.165) is 13.8 Å². The van der Waals surface area contributed by atoms with Crippen molar-refractivity contribution in [3.05, 3.63) is 0 Å². The molecule has 32 atom stereocenters. The number of rotatable bonds is 24. The van der Waals surface area contributed by atoms with E-state index in [0.29, 0.717) is 0 Å². The van der Waals surface area contributed by atoms with Crippen LogP contribution < -0.4 is 10.6 Å². The van der Waals surface area contributed by atoms with Crippen LogP contribution in [0.1, 0.15) is 26.7 Å². The SMILES string of the molecule is CC(=O)N[C@H]1[C@H](O[C@@H]2[C@H](O[C@]3(C(=O)O)C[C@H](O)[C@@H](NC(C)=O)[C@H]([C@H](O)[C@H](O)CO)O3)[C@@H](O)[C@H](O[C@H]3[C@H](O)[C@@H](O)[C@H](O)O[C@@H]3CO)O[C@@H]2CO)O[C@H](CO)[C@H](O)[C@@H]1O[C@@H]1O[C@H](CO)[C@H](O)[C@H](O[C@]2(C(=O)O)C[C@@H](O)[C@@H](O)[C@H]([C@H](O)[C@H](O)CO)O2)[C@H]1O. The molecule has 6 saturated heterocycles. The molecule has 0 aromatic heterocycles. The van der Waals surface area contributed by atoms with Crippen molar-refractivity contribution in [1.82, 2.24) is 10.6 Å². The Morgan fingerprint density at radius 2 is 0.871 bits per heavy atom. The van der Waals surface area contributed by atoms with E-state index in [1.54, 1.807) is 0 Å². The maximum atomic E-state index is 13.6. The second kappa shape index (κ2) is 29.5. The standard InChI is InChI=1S/C46H76N2O37/c1-11(55)47-21-13(57)3-45(43(71)72,82-35(21)24(62)15(59)5-49)85-38-31(69)42(79-32-19(9-53)75-39(70)29(67)28(32)66)78-20(10-54)33(38)80-40-22(48-12(2)56)34(26(64)17(7-51)76-40)81-41-30(68)37(27(65)18(8-52)77-41)84-46(44(73)74)4-14(58)23(61)36(83-46)25(63)16(60)6-50/h13-42,49-54,57-70H,3-10H2,1-2H3,(H,47,55)(H,48,56)(H,71,72)(H,73,74)/t13-,14+,15+,16+,17+,18+,19+,20+,21+,22+,23+,24+,25+,26-,27-,28+,29+,30+,31+,32+,33-,34+,35+,36+,37-,38+,39+,40-,41-,42-,45-,46-/m0/s1. The number of carbonyl (C=O) groups is 4. The summed E-state index contributed by atoms with van der Waals surface area (Å²) >= 11 is 0. The number of aliphatic hydroxyl groups is 20. The second-order valence-electron chi connectivity index (χ2n) is 21.1. The highest BCUT2D eigenvalue weighted by molar-refractivity contribution is 5.77. The van der Waals surface area contributed by atoms with Crippen LogP contribution in [0.4, 0.5) is 0 Å². The number of aliphatic hydroxyl groups excluding tert-OH is 20. The number of hydrogen-bond donors (Lipinski definition) is 24. The van der Waals surface area contributed by atoms with Gasteiger partial charge in [-0.25, -0.2) is 9.59 Å². The molecular weight excluding hydrogens is 1170 g/mol.